The quantitative estimate of drug-likeness (QED) is 0.779. The van der Waals surface area contributed by atoms with Gasteiger partial charge in [0.15, 0.2) is 5.13 Å². The molecule has 2 N–H and O–H groups in total. The predicted octanol–water partition coefficient (Wildman–Crippen LogP) is 3.75. The molecule has 0 amide bonds. The monoisotopic (exact) mass is 312 g/mol. The van der Waals surface area contributed by atoms with Gasteiger partial charge in [0.05, 0.1) is 10.0 Å². The van der Waals surface area contributed by atoms with E-state index < -0.39 is 0 Å². The van der Waals surface area contributed by atoms with Crippen LogP contribution in [0.25, 0.3) is 23.0 Å². The minimum absolute atomic E-state index is 0.314. The Hall–Kier alpha value is -1.63. The highest BCUT2D eigenvalue weighted by molar-refractivity contribution is 7.13. The zero-order valence-corrected chi connectivity index (χ0v) is 11.6. The molecule has 3 aromatic rings. The first kappa shape index (κ1) is 12.4. The molecule has 0 saturated carbocycles. The maximum atomic E-state index is 5.95. The van der Waals surface area contributed by atoms with Gasteiger partial charge in [0, 0.05) is 10.9 Å². The maximum Gasteiger partial charge on any atom is 0.277 e. The summed E-state index contributed by atoms with van der Waals surface area (Å²) in [6.45, 7) is 0. The molecule has 3 rings (SSSR count). The van der Waals surface area contributed by atoms with Crippen LogP contribution in [-0.2, 0) is 0 Å². The lowest BCUT2D eigenvalue weighted by atomic mass is 10.2. The van der Waals surface area contributed by atoms with Gasteiger partial charge in [-0.2, -0.15) is 4.98 Å². The third kappa shape index (κ3) is 2.42. The van der Waals surface area contributed by atoms with E-state index in [0.29, 0.717) is 38.1 Å². The Morgan fingerprint density at radius 2 is 2.00 bits per heavy atom. The summed E-state index contributed by atoms with van der Waals surface area (Å²) in [5, 5.41) is 6.99. The molecule has 0 fully saturated rings. The number of hydrogen-bond acceptors (Lipinski definition) is 6. The third-order valence-electron chi connectivity index (χ3n) is 2.34. The molecule has 1 aromatic carbocycles. The molecule has 0 aliphatic rings. The van der Waals surface area contributed by atoms with Gasteiger partial charge >= 0.3 is 0 Å². The van der Waals surface area contributed by atoms with Crippen molar-refractivity contribution in [2.24, 2.45) is 0 Å². The molecule has 0 aliphatic carbocycles. The molecule has 0 unspecified atom stereocenters. The van der Waals surface area contributed by atoms with Crippen molar-refractivity contribution >= 4 is 39.7 Å². The van der Waals surface area contributed by atoms with Crippen LogP contribution in [0.4, 0.5) is 5.13 Å². The molecule has 8 heteroatoms. The smallest absolute Gasteiger partial charge is 0.277 e. The van der Waals surface area contributed by atoms with E-state index in [2.05, 4.69) is 15.1 Å². The molecule has 2 heterocycles. The Balaban J connectivity index is 1.98. The number of nitrogen functional groups attached to an aromatic ring is 1. The molecule has 0 aliphatic heterocycles. The van der Waals surface area contributed by atoms with Crippen molar-refractivity contribution in [1.82, 2.24) is 15.1 Å². The normalized spacial score (nSPS) is 10.8. The van der Waals surface area contributed by atoms with Gasteiger partial charge in [-0.05, 0) is 18.2 Å². The number of aromatic nitrogens is 3. The van der Waals surface area contributed by atoms with E-state index in [1.165, 1.54) is 11.3 Å². The molecule has 2 aromatic heterocycles. The first-order chi connectivity index (χ1) is 9.13. The summed E-state index contributed by atoms with van der Waals surface area (Å²) in [6, 6.07) is 5.11. The van der Waals surface area contributed by atoms with Crippen molar-refractivity contribution in [1.29, 1.82) is 0 Å². The highest BCUT2D eigenvalue weighted by Crippen LogP contribution is 2.29. The Labute approximate surface area is 122 Å². The van der Waals surface area contributed by atoms with Crippen molar-refractivity contribution in [3.05, 3.63) is 33.6 Å². The number of nitrogens with two attached hydrogens (primary N) is 1. The van der Waals surface area contributed by atoms with Gasteiger partial charge in [0.2, 0.25) is 5.82 Å². The summed E-state index contributed by atoms with van der Waals surface area (Å²) in [4.78, 5) is 8.32. The number of nitrogens with zero attached hydrogens (tertiary/aromatic N) is 3. The average Bonchev–Trinajstić information content (AvgIpc) is 3.01. The van der Waals surface area contributed by atoms with Crippen molar-refractivity contribution in [3.63, 3.8) is 0 Å². The highest BCUT2D eigenvalue weighted by Gasteiger charge is 2.13. The largest absolute Gasteiger partial charge is 0.375 e. The zero-order valence-electron chi connectivity index (χ0n) is 9.30. The lowest BCUT2D eigenvalue weighted by molar-refractivity contribution is 0.431. The number of anilines is 1. The summed E-state index contributed by atoms with van der Waals surface area (Å²) in [7, 11) is 0. The summed E-state index contributed by atoms with van der Waals surface area (Å²) in [5.74, 6) is 0.731. The average molecular weight is 313 g/mol. The zero-order chi connectivity index (χ0) is 13.4. The summed E-state index contributed by atoms with van der Waals surface area (Å²) >= 11 is 13.1. The van der Waals surface area contributed by atoms with Crippen molar-refractivity contribution in [3.8, 4) is 23.0 Å². The summed E-state index contributed by atoms with van der Waals surface area (Å²) in [5.41, 5.74) is 6.83. The Bertz CT molecular complexity index is 740. The lowest BCUT2D eigenvalue weighted by Crippen LogP contribution is -1.84. The van der Waals surface area contributed by atoms with Crippen LogP contribution in [0, 0.1) is 0 Å². The van der Waals surface area contributed by atoms with Gasteiger partial charge in [-0.1, -0.05) is 28.4 Å². The third-order valence-corrected chi connectivity index (χ3v) is 3.76. The molecule has 0 bridgehead atoms. The fourth-order valence-electron chi connectivity index (χ4n) is 1.47. The molecule has 5 nitrogen and oxygen atoms in total. The van der Waals surface area contributed by atoms with E-state index in [1.807, 2.05) is 0 Å². The van der Waals surface area contributed by atoms with Gasteiger partial charge in [-0.15, -0.1) is 11.3 Å². The number of halogens is 2. The summed E-state index contributed by atoms with van der Waals surface area (Å²) in [6.07, 6.45) is 0. The minimum Gasteiger partial charge on any atom is -0.375 e. The Kier molecular flexibility index (Phi) is 3.14. The van der Waals surface area contributed by atoms with Crippen LogP contribution in [0.3, 0.4) is 0 Å². The standard InChI is InChI=1S/C11H6Cl2N4OS/c12-6-2-1-5(3-7(6)13)9-16-10(18-17-9)8-4-19-11(14)15-8/h1-4H,(H2,14,15). The second kappa shape index (κ2) is 4.80. The first-order valence-corrected chi connectivity index (χ1v) is 6.77. The van der Waals surface area contributed by atoms with E-state index in [9.17, 15) is 0 Å². The van der Waals surface area contributed by atoms with Gasteiger partial charge in [-0.3, -0.25) is 0 Å². The molecule has 19 heavy (non-hydrogen) atoms. The van der Waals surface area contributed by atoms with Crippen LogP contribution in [0.1, 0.15) is 0 Å². The van der Waals surface area contributed by atoms with Crippen LogP contribution in [0.2, 0.25) is 10.0 Å². The van der Waals surface area contributed by atoms with Crippen molar-refractivity contribution in [2.75, 3.05) is 5.73 Å². The highest BCUT2D eigenvalue weighted by atomic mass is 35.5. The van der Waals surface area contributed by atoms with Crippen LogP contribution in [0.5, 0.6) is 0 Å². The Morgan fingerprint density at radius 3 is 2.68 bits per heavy atom. The lowest BCUT2D eigenvalue weighted by Gasteiger charge is -1.97. The van der Waals surface area contributed by atoms with E-state index in [-0.39, 0.29) is 0 Å². The molecular weight excluding hydrogens is 307 g/mol. The van der Waals surface area contributed by atoms with E-state index in [4.69, 9.17) is 33.5 Å². The van der Waals surface area contributed by atoms with Gasteiger partial charge < -0.3 is 10.3 Å². The Morgan fingerprint density at radius 1 is 1.16 bits per heavy atom. The van der Waals surface area contributed by atoms with E-state index >= 15 is 0 Å². The van der Waals surface area contributed by atoms with Crippen molar-refractivity contribution in [2.45, 2.75) is 0 Å². The predicted molar refractivity (Wildman–Crippen MR) is 75.3 cm³/mol. The van der Waals surface area contributed by atoms with E-state index in [1.54, 1.807) is 23.6 Å². The molecule has 0 atom stereocenters. The first-order valence-electron chi connectivity index (χ1n) is 5.14. The summed E-state index contributed by atoms with van der Waals surface area (Å²) < 4.78 is 5.14. The number of rotatable bonds is 2. The fraction of sp³-hybridized carbons (Fsp3) is 0. The van der Waals surface area contributed by atoms with Gasteiger partial charge in [0.1, 0.15) is 5.69 Å². The topological polar surface area (TPSA) is 77.8 Å². The second-order valence-electron chi connectivity index (χ2n) is 3.62. The van der Waals surface area contributed by atoms with Crippen LogP contribution >= 0.6 is 34.5 Å². The van der Waals surface area contributed by atoms with Gasteiger partial charge in [-0.25, -0.2) is 4.98 Å². The SMILES string of the molecule is Nc1nc(-c2nc(-c3ccc(Cl)c(Cl)c3)no2)cs1. The number of benzene rings is 1. The molecule has 96 valence electrons. The number of hydrogen-bond donors (Lipinski definition) is 1. The molecule has 0 spiro atoms. The second-order valence-corrected chi connectivity index (χ2v) is 5.33. The molecule has 0 radical (unpaired) electrons. The molecular formula is C11H6Cl2N4OS. The fourth-order valence-corrected chi connectivity index (χ4v) is 2.30. The molecule has 0 saturated heterocycles. The van der Waals surface area contributed by atoms with Crippen LogP contribution in [0.15, 0.2) is 28.1 Å². The minimum atomic E-state index is 0.314. The van der Waals surface area contributed by atoms with Crippen molar-refractivity contribution < 1.29 is 4.52 Å². The number of thiazole rings is 1. The van der Waals surface area contributed by atoms with Crippen LogP contribution in [-0.4, -0.2) is 15.1 Å². The van der Waals surface area contributed by atoms with Gasteiger partial charge in [0.25, 0.3) is 5.89 Å². The van der Waals surface area contributed by atoms with E-state index in [0.717, 1.165) is 0 Å². The van der Waals surface area contributed by atoms with Crippen LogP contribution < -0.4 is 5.73 Å². The maximum absolute atomic E-state index is 5.95.